The summed E-state index contributed by atoms with van der Waals surface area (Å²) in [5.74, 6) is 0.0448. The van der Waals surface area contributed by atoms with Crippen molar-refractivity contribution in [1.82, 2.24) is 14.7 Å². The van der Waals surface area contributed by atoms with Crippen LogP contribution in [0.2, 0.25) is 0 Å². The molecule has 0 bridgehead atoms. The van der Waals surface area contributed by atoms with E-state index in [9.17, 15) is 4.79 Å². The third-order valence-corrected chi connectivity index (χ3v) is 4.99. The molecule has 0 unspecified atom stereocenters. The quantitative estimate of drug-likeness (QED) is 0.718. The number of benzene rings is 2. The van der Waals surface area contributed by atoms with Crippen LogP contribution < -0.4 is 4.90 Å². The molecule has 1 amide bonds. The van der Waals surface area contributed by atoms with Gasteiger partial charge in [0.25, 0.3) is 5.91 Å². The van der Waals surface area contributed by atoms with E-state index in [0.29, 0.717) is 18.8 Å². The third-order valence-electron chi connectivity index (χ3n) is 4.99. The van der Waals surface area contributed by atoms with E-state index in [0.717, 1.165) is 24.5 Å². The van der Waals surface area contributed by atoms with Crippen molar-refractivity contribution in [3.63, 3.8) is 0 Å². The van der Waals surface area contributed by atoms with Crippen LogP contribution in [0.1, 0.15) is 21.7 Å². The Hall–Kier alpha value is -3.08. The molecule has 4 rings (SSSR count). The molecule has 1 aromatic heterocycles. The summed E-state index contributed by atoms with van der Waals surface area (Å²) >= 11 is 0. The minimum Gasteiger partial charge on any atom is -0.368 e. The van der Waals surface area contributed by atoms with E-state index in [1.807, 2.05) is 48.2 Å². The van der Waals surface area contributed by atoms with Crippen molar-refractivity contribution >= 4 is 11.6 Å². The normalized spacial score (nSPS) is 14.4. The molecule has 5 nitrogen and oxygen atoms in total. The number of para-hydroxylation sites is 1. The predicted octanol–water partition coefficient (Wildman–Crippen LogP) is 3.45. The summed E-state index contributed by atoms with van der Waals surface area (Å²) in [4.78, 5) is 17.4. The Morgan fingerprint density at radius 3 is 2.26 bits per heavy atom. The van der Waals surface area contributed by atoms with Gasteiger partial charge < -0.3 is 9.80 Å². The average molecular weight is 360 g/mol. The van der Waals surface area contributed by atoms with Crippen LogP contribution in [0.15, 0.2) is 60.7 Å². The first-order chi connectivity index (χ1) is 13.1. The monoisotopic (exact) mass is 360 g/mol. The van der Waals surface area contributed by atoms with Crippen LogP contribution >= 0.6 is 0 Å². The lowest BCUT2D eigenvalue weighted by molar-refractivity contribution is 0.0737. The fourth-order valence-electron chi connectivity index (χ4n) is 3.57. The van der Waals surface area contributed by atoms with Crippen molar-refractivity contribution < 1.29 is 4.79 Å². The SMILES string of the molecule is Cc1cccc(N2CCN(C(=O)c3cc(C)nn3-c3ccccc3)CC2)c1. The molecule has 0 spiro atoms. The summed E-state index contributed by atoms with van der Waals surface area (Å²) in [6.45, 7) is 7.14. The molecule has 5 heteroatoms. The van der Waals surface area contributed by atoms with E-state index in [1.54, 1.807) is 4.68 Å². The van der Waals surface area contributed by atoms with Crippen molar-refractivity contribution in [2.24, 2.45) is 0 Å². The smallest absolute Gasteiger partial charge is 0.272 e. The summed E-state index contributed by atoms with van der Waals surface area (Å²) in [5, 5.41) is 4.53. The molecule has 1 fully saturated rings. The van der Waals surface area contributed by atoms with Crippen LogP contribution in [0.4, 0.5) is 5.69 Å². The molecule has 138 valence electrons. The van der Waals surface area contributed by atoms with Crippen molar-refractivity contribution in [1.29, 1.82) is 0 Å². The van der Waals surface area contributed by atoms with Gasteiger partial charge in [-0.15, -0.1) is 0 Å². The lowest BCUT2D eigenvalue weighted by atomic mass is 10.2. The van der Waals surface area contributed by atoms with Crippen LogP contribution in [0.25, 0.3) is 5.69 Å². The fourth-order valence-corrected chi connectivity index (χ4v) is 3.57. The van der Waals surface area contributed by atoms with Gasteiger partial charge in [0, 0.05) is 31.9 Å². The van der Waals surface area contributed by atoms with E-state index in [-0.39, 0.29) is 5.91 Å². The molecule has 2 aromatic carbocycles. The molecular weight excluding hydrogens is 336 g/mol. The van der Waals surface area contributed by atoms with Crippen LogP contribution in [0.3, 0.4) is 0 Å². The second kappa shape index (κ2) is 7.27. The van der Waals surface area contributed by atoms with Gasteiger partial charge in [0.1, 0.15) is 5.69 Å². The van der Waals surface area contributed by atoms with Gasteiger partial charge >= 0.3 is 0 Å². The number of amides is 1. The van der Waals surface area contributed by atoms with Crippen LogP contribution in [-0.4, -0.2) is 46.8 Å². The van der Waals surface area contributed by atoms with E-state index >= 15 is 0 Å². The lowest BCUT2D eigenvalue weighted by Crippen LogP contribution is -2.49. The molecule has 1 aliphatic heterocycles. The highest BCUT2D eigenvalue weighted by Crippen LogP contribution is 2.20. The van der Waals surface area contributed by atoms with Crippen molar-refractivity contribution in [2.45, 2.75) is 13.8 Å². The molecule has 0 saturated carbocycles. The highest BCUT2D eigenvalue weighted by atomic mass is 16.2. The second-order valence-corrected chi connectivity index (χ2v) is 7.04. The minimum absolute atomic E-state index is 0.0448. The third kappa shape index (κ3) is 3.58. The summed E-state index contributed by atoms with van der Waals surface area (Å²) in [7, 11) is 0. The number of piperazine rings is 1. The van der Waals surface area contributed by atoms with E-state index in [1.165, 1.54) is 11.3 Å². The summed E-state index contributed by atoms with van der Waals surface area (Å²) in [6.07, 6.45) is 0. The molecule has 3 aromatic rings. The Kier molecular flexibility index (Phi) is 4.67. The first-order valence-electron chi connectivity index (χ1n) is 9.35. The number of aryl methyl sites for hydroxylation is 2. The largest absolute Gasteiger partial charge is 0.368 e. The first-order valence-corrected chi connectivity index (χ1v) is 9.35. The van der Waals surface area contributed by atoms with Gasteiger partial charge in [-0.05, 0) is 49.7 Å². The molecule has 1 aliphatic rings. The van der Waals surface area contributed by atoms with E-state index in [2.05, 4.69) is 41.2 Å². The van der Waals surface area contributed by atoms with Crippen molar-refractivity contribution in [2.75, 3.05) is 31.1 Å². The van der Waals surface area contributed by atoms with E-state index < -0.39 is 0 Å². The zero-order chi connectivity index (χ0) is 18.8. The summed E-state index contributed by atoms with van der Waals surface area (Å²) < 4.78 is 1.75. The van der Waals surface area contributed by atoms with Gasteiger partial charge in [0.05, 0.1) is 11.4 Å². The second-order valence-electron chi connectivity index (χ2n) is 7.04. The highest BCUT2D eigenvalue weighted by molar-refractivity contribution is 5.93. The maximum absolute atomic E-state index is 13.2. The topological polar surface area (TPSA) is 41.4 Å². The number of carbonyl (C=O) groups excluding carboxylic acids is 1. The molecule has 27 heavy (non-hydrogen) atoms. The summed E-state index contributed by atoms with van der Waals surface area (Å²) in [6, 6.07) is 20.2. The maximum atomic E-state index is 13.2. The number of hydrogen-bond acceptors (Lipinski definition) is 3. The number of rotatable bonds is 3. The van der Waals surface area contributed by atoms with Gasteiger partial charge in [-0.25, -0.2) is 4.68 Å². The molecule has 0 N–H and O–H groups in total. The number of anilines is 1. The lowest BCUT2D eigenvalue weighted by Gasteiger charge is -2.36. The number of aromatic nitrogens is 2. The van der Waals surface area contributed by atoms with Crippen LogP contribution in [0.5, 0.6) is 0 Å². The molecule has 1 saturated heterocycles. The standard InChI is InChI=1S/C22H24N4O/c1-17-7-6-10-20(15-17)24-11-13-25(14-12-24)22(27)21-16-18(2)23-26(21)19-8-4-3-5-9-19/h3-10,15-16H,11-14H2,1-2H3. The Morgan fingerprint density at radius 2 is 1.56 bits per heavy atom. The maximum Gasteiger partial charge on any atom is 0.272 e. The Morgan fingerprint density at radius 1 is 0.852 bits per heavy atom. The summed E-state index contributed by atoms with van der Waals surface area (Å²) in [5.41, 5.74) is 4.87. The number of nitrogens with zero attached hydrogens (tertiary/aromatic N) is 4. The predicted molar refractivity (Wildman–Crippen MR) is 108 cm³/mol. The number of carbonyl (C=O) groups is 1. The molecule has 0 radical (unpaired) electrons. The average Bonchev–Trinajstić information content (AvgIpc) is 3.10. The van der Waals surface area contributed by atoms with Gasteiger partial charge in [-0.3, -0.25) is 4.79 Å². The van der Waals surface area contributed by atoms with Crippen LogP contribution in [0, 0.1) is 13.8 Å². The van der Waals surface area contributed by atoms with Crippen molar-refractivity contribution in [3.8, 4) is 5.69 Å². The minimum atomic E-state index is 0.0448. The van der Waals surface area contributed by atoms with Gasteiger partial charge in [0.2, 0.25) is 0 Å². The molecule has 0 aliphatic carbocycles. The van der Waals surface area contributed by atoms with Crippen molar-refractivity contribution in [3.05, 3.63) is 77.6 Å². The Bertz CT molecular complexity index is 940. The zero-order valence-electron chi connectivity index (χ0n) is 15.8. The highest BCUT2D eigenvalue weighted by Gasteiger charge is 2.25. The van der Waals surface area contributed by atoms with Gasteiger partial charge in [-0.2, -0.15) is 5.10 Å². The molecule has 0 atom stereocenters. The Labute approximate surface area is 159 Å². The molecule has 2 heterocycles. The molecular formula is C22H24N4O. The first kappa shape index (κ1) is 17.3. The van der Waals surface area contributed by atoms with Crippen LogP contribution in [-0.2, 0) is 0 Å². The fraction of sp³-hybridized carbons (Fsp3) is 0.273. The zero-order valence-corrected chi connectivity index (χ0v) is 15.8. The van der Waals surface area contributed by atoms with E-state index in [4.69, 9.17) is 0 Å². The Balaban J connectivity index is 1.51. The van der Waals surface area contributed by atoms with Gasteiger partial charge in [0.15, 0.2) is 0 Å². The van der Waals surface area contributed by atoms with Gasteiger partial charge in [-0.1, -0.05) is 30.3 Å². The number of hydrogen-bond donors (Lipinski definition) is 0.